The summed E-state index contributed by atoms with van der Waals surface area (Å²) in [5.74, 6) is -0.539. The van der Waals surface area contributed by atoms with Crippen LogP contribution in [0.4, 0.5) is 5.13 Å². The average Bonchev–Trinajstić information content (AvgIpc) is 3.70. The van der Waals surface area contributed by atoms with E-state index in [1.807, 2.05) is 61.5 Å². The molecule has 8 rings (SSSR count). The number of carboxylic acids is 1. The van der Waals surface area contributed by atoms with Crippen LogP contribution in [0.5, 0.6) is 17.2 Å². The highest BCUT2D eigenvalue weighted by atomic mass is 35.5. The number of ether oxygens (including phenoxy) is 3. The van der Waals surface area contributed by atoms with E-state index >= 15 is 0 Å². The Balaban J connectivity index is 1.02. The van der Waals surface area contributed by atoms with Gasteiger partial charge in [-0.15, -0.1) is 0 Å². The van der Waals surface area contributed by atoms with E-state index in [2.05, 4.69) is 21.7 Å². The number of amides is 1. The van der Waals surface area contributed by atoms with Gasteiger partial charge in [-0.3, -0.25) is 4.79 Å². The summed E-state index contributed by atoms with van der Waals surface area (Å²) >= 11 is 13.2. The lowest BCUT2D eigenvalue weighted by molar-refractivity contribution is -0.142. The SMILES string of the molecule is CCCNc1nc(C)c(S(=O)(=O)N2Cc3cc4c(cc3C[C@H]2C(=O)N[C@@H](Cc2ccc(-c3ccc(C#N)cc3)cc2)C(=O)O)OCC(c2ccc(OCc3ccc(Cl)c(Cl)c3)cc2)O4)s1. The lowest BCUT2D eigenvalue weighted by Gasteiger charge is -2.36. The molecule has 1 amide bonds. The molecule has 3 atom stereocenters. The van der Waals surface area contributed by atoms with E-state index < -0.39 is 40.1 Å². The first-order valence-electron chi connectivity index (χ1n) is 20.8. The first-order valence-corrected chi connectivity index (χ1v) is 23.8. The zero-order valence-electron chi connectivity index (χ0n) is 35.2. The van der Waals surface area contributed by atoms with Gasteiger partial charge < -0.3 is 30.0 Å². The summed E-state index contributed by atoms with van der Waals surface area (Å²) < 4.78 is 49.1. The molecule has 0 saturated carbocycles. The summed E-state index contributed by atoms with van der Waals surface area (Å²) in [6.07, 6.45) is 0.199. The second-order valence-corrected chi connectivity index (χ2v) is 19.6. The Labute approximate surface area is 390 Å². The van der Waals surface area contributed by atoms with Crippen molar-refractivity contribution < 1.29 is 37.3 Å². The standard InChI is InChI=1S/C48H43Cl2N5O8S2/c1-3-18-52-48-53-28(2)47(64-48)65(59,60)55-25-36-23-43-42(62-27-44(63-43)34-13-15-37(16-14-34)61-26-31-8-17-38(49)39(50)19-31)22-35(36)21-41(55)45(56)54-40(46(57)58)20-29-4-9-32(10-5-29)33-11-6-30(24-51)7-12-33/h4-17,19,22-23,40-41,44H,3,18,20-21,25-27H2,1-2H3,(H,52,53)(H,54,56)(H,57,58)/t40-,41-,44?/m0/s1. The van der Waals surface area contributed by atoms with Crippen molar-refractivity contribution in [1.29, 1.82) is 5.26 Å². The second-order valence-electron chi connectivity index (χ2n) is 15.7. The van der Waals surface area contributed by atoms with Crippen LogP contribution in [0, 0.1) is 18.3 Å². The number of aromatic nitrogens is 1. The van der Waals surface area contributed by atoms with Crippen molar-refractivity contribution in [2.75, 3.05) is 18.5 Å². The molecule has 6 aromatic rings. The zero-order valence-corrected chi connectivity index (χ0v) is 38.4. The maximum absolute atomic E-state index is 14.7. The van der Waals surface area contributed by atoms with Crippen LogP contribution in [0.2, 0.25) is 10.0 Å². The van der Waals surface area contributed by atoms with Gasteiger partial charge in [0.1, 0.15) is 31.0 Å². The number of hydrogen-bond acceptors (Lipinski definition) is 11. The van der Waals surface area contributed by atoms with Gasteiger partial charge in [-0.25, -0.2) is 18.2 Å². The third-order valence-corrected chi connectivity index (χ3v) is 15.4. The molecule has 2 aliphatic rings. The van der Waals surface area contributed by atoms with Crippen molar-refractivity contribution in [3.05, 3.63) is 152 Å². The highest BCUT2D eigenvalue weighted by molar-refractivity contribution is 7.91. The summed E-state index contributed by atoms with van der Waals surface area (Å²) in [7, 11) is -4.36. The summed E-state index contributed by atoms with van der Waals surface area (Å²) in [6, 6.07) is 30.0. The van der Waals surface area contributed by atoms with E-state index in [1.165, 1.54) is 0 Å². The molecule has 3 N–H and O–H groups in total. The molecule has 65 heavy (non-hydrogen) atoms. The number of nitrogens with zero attached hydrogens (tertiary/aromatic N) is 3. The molecule has 2 aliphatic heterocycles. The Hall–Kier alpha value is -6.15. The monoisotopic (exact) mass is 951 g/mol. The van der Waals surface area contributed by atoms with Crippen molar-refractivity contribution in [2.45, 2.75) is 68.7 Å². The molecular weight excluding hydrogens is 910 g/mol. The number of carbonyl (C=O) groups excluding carboxylic acids is 1. The highest BCUT2D eigenvalue weighted by Gasteiger charge is 2.43. The summed E-state index contributed by atoms with van der Waals surface area (Å²) in [4.78, 5) is 31.5. The van der Waals surface area contributed by atoms with Gasteiger partial charge in [0, 0.05) is 19.5 Å². The van der Waals surface area contributed by atoms with E-state index in [1.54, 1.807) is 55.5 Å². The number of anilines is 1. The van der Waals surface area contributed by atoms with Crippen LogP contribution in [0.15, 0.2) is 107 Å². The van der Waals surface area contributed by atoms with Crippen molar-refractivity contribution in [3.63, 3.8) is 0 Å². The van der Waals surface area contributed by atoms with Crippen molar-refractivity contribution in [3.8, 4) is 34.4 Å². The number of aliphatic carboxylic acids is 1. The first-order chi connectivity index (χ1) is 31.3. The van der Waals surface area contributed by atoms with Gasteiger partial charge >= 0.3 is 5.97 Å². The number of benzene rings is 5. The Morgan fingerprint density at radius 1 is 0.954 bits per heavy atom. The average molecular weight is 953 g/mol. The summed E-state index contributed by atoms with van der Waals surface area (Å²) in [5.41, 5.74) is 6.18. The molecule has 334 valence electrons. The van der Waals surface area contributed by atoms with Crippen molar-refractivity contribution in [2.24, 2.45) is 0 Å². The summed E-state index contributed by atoms with van der Waals surface area (Å²) in [5, 5.41) is 26.7. The molecule has 0 bridgehead atoms. The second kappa shape index (κ2) is 19.5. The fraction of sp³-hybridized carbons (Fsp3) is 0.250. The van der Waals surface area contributed by atoms with Crippen LogP contribution >= 0.6 is 34.5 Å². The number of halogens is 2. The fourth-order valence-corrected chi connectivity index (χ4v) is 11.1. The van der Waals surface area contributed by atoms with Crippen molar-refractivity contribution in [1.82, 2.24) is 14.6 Å². The number of sulfonamides is 1. The van der Waals surface area contributed by atoms with Gasteiger partial charge in [0.25, 0.3) is 10.0 Å². The zero-order chi connectivity index (χ0) is 45.8. The molecule has 0 radical (unpaired) electrons. The number of carboxylic acid groups (broad SMARTS) is 1. The fourth-order valence-electron chi connectivity index (χ4n) is 7.65. The normalized spacial score (nSPS) is 16.2. The van der Waals surface area contributed by atoms with E-state index in [9.17, 15) is 23.1 Å². The van der Waals surface area contributed by atoms with Gasteiger partial charge in [-0.2, -0.15) is 9.57 Å². The van der Waals surface area contributed by atoms with Gasteiger partial charge in [0.05, 0.1) is 27.4 Å². The number of rotatable bonds is 15. The van der Waals surface area contributed by atoms with E-state index in [0.29, 0.717) is 67.8 Å². The minimum atomic E-state index is -4.36. The Morgan fingerprint density at radius 3 is 2.32 bits per heavy atom. The Morgan fingerprint density at radius 2 is 1.65 bits per heavy atom. The van der Waals surface area contributed by atoms with Crippen LogP contribution in [0.3, 0.4) is 0 Å². The topological polar surface area (TPSA) is 180 Å². The third-order valence-electron chi connectivity index (χ3n) is 11.1. The predicted octanol–water partition coefficient (Wildman–Crippen LogP) is 9.14. The number of carbonyl (C=O) groups is 2. The minimum absolute atomic E-state index is 0.0171. The molecule has 3 heterocycles. The number of fused-ring (bicyclic) bond motifs is 2. The molecule has 0 fully saturated rings. The van der Waals surface area contributed by atoms with E-state index in [0.717, 1.165) is 44.3 Å². The molecule has 0 spiro atoms. The molecule has 17 heteroatoms. The maximum atomic E-state index is 14.7. The predicted molar refractivity (Wildman–Crippen MR) is 248 cm³/mol. The molecule has 1 aromatic heterocycles. The largest absolute Gasteiger partial charge is 0.489 e. The number of nitriles is 1. The minimum Gasteiger partial charge on any atom is -0.489 e. The smallest absolute Gasteiger partial charge is 0.326 e. The van der Waals surface area contributed by atoms with Gasteiger partial charge in [-0.05, 0) is 107 Å². The van der Waals surface area contributed by atoms with Crippen LogP contribution in [0.25, 0.3) is 11.1 Å². The van der Waals surface area contributed by atoms with Gasteiger partial charge in [-0.1, -0.05) is 96.1 Å². The first kappa shape index (κ1) is 45.4. The molecule has 5 aromatic carbocycles. The van der Waals surface area contributed by atoms with E-state index in [-0.39, 0.29) is 35.9 Å². The number of aryl methyl sites for hydroxylation is 1. The summed E-state index contributed by atoms with van der Waals surface area (Å²) in [6.45, 7) is 4.47. The van der Waals surface area contributed by atoms with Gasteiger partial charge in [0.15, 0.2) is 26.9 Å². The number of thiazole rings is 1. The lowest BCUT2D eigenvalue weighted by Crippen LogP contribution is -2.55. The Bertz CT molecular complexity index is 2890. The number of hydrogen-bond donors (Lipinski definition) is 3. The third kappa shape index (κ3) is 10.2. The quantitative estimate of drug-likeness (QED) is 0.0894. The van der Waals surface area contributed by atoms with Crippen LogP contribution in [-0.4, -0.2) is 59.9 Å². The molecule has 1 unspecified atom stereocenters. The maximum Gasteiger partial charge on any atom is 0.326 e. The van der Waals surface area contributed by atoms with Crippen LogP contribution < -0.4 is 24.8 Å². The van der Waals surface area contributed by atoms with E-state index in [4.69, 9.17) is 42.7 Å². The van der Waals surface area contributed by atoms with Gasteiger partial charge in [0.2, 0.25) is 5.91 Å². The van der Waals surface area contributed by atoms with Crippen LogP contribution in [-0.2, 0) is 45.6 Å². The Kier molecular flexibility index (Phi) is 13.6. The highest BCUT2D eigenvalue weighted by Crippen LogP contribution is 2.42. The molecular formula is C48H43Cl2N5O8S2. The van der Waals surface area contributed by atoms with Crippen molar-refractivity contribution >= 4 is 61.6 Å². The number of nitrogens with one attached hydrogen (secondary N) is 2. The lowest BCUT2D eigenvalue weighted by atomic mass is 9.94. The molecule has 13 nitrogen and oxygen atoms in total. The van der Waals surface area contributed by atoms with Crippen LogP contribution in [0.1, 0.15) is 58.5 Å². The molecule has 0 aliphatic carbocycles. The molecule has 0 saturated heterocycles.